The number of hydrogen-bond acceptors (Lipinski definition) is 5. The quantitative estimate of drug-likeness (QED) is 0.722. The van der Waals surface area contributed by atoms with Crippen LogP contribution in [0.2, 0.25) is 0 Å². The number of amides is 1. The third-order valence-electron chi connectivity index (χ3n) is 2.64. The van der Waals surface area contributed by atoms with Crippen LogP contribution in [0.3, 0.4) is 0 Å². The van der Waals surface area contributed by atoms with Crippen LogP contribution in [0.4, 0.5) is 27.6 Å². The van der Waals surface area contributed by atoms with Crippen LogP contribution in [0.1, 0.15) is 15.6 Å². The van der Waals surface area contributed by atoms with Gasteiger partial charge in [-0.05, 0) is 12.1 Å². The van der Waals surface area contributed by atoms with Gasteiger partial charge in [-0.3, -0.25) is 4.79 Å². The lowest BCUT2D eigenvalue weighted by Crippen LogP contribution is -2.16. The Balaban J connectivity index is 1.94. The SMILES string of the molecule is O=C(Nc1c(F)cccc1F)c1nn2c(C(F)(F)F)nnc2s1. The topological polar surface area (TPSA) is 72.2 Å². The number of aromatic nitrogens is 4. The van der Waals surface area contributed by atoms with Gasteiger partial charge in [-0.15, -0.1) is 15.3 Å². The molecule has 0 saturated heterocycles. The molecule has 12 heteroatoms. The smallest absolute Gasteiger partial charge is 0.315 e. The molecule has 0 atom stereocenters. The average Bonchev–Trinajstić information content (AvgIpc) is 3.01. The van der Waals surface area contributed by atoms with E-state index < -0.39 is 40.2 Å². The van der Waals surface area contributed by atoms with E-state index in [1.165, 1.54) is 0 Å². The highest BCUT2D eigenvalue weighted by Gasteiger charge is 2.38. The van der Waals surface area contributed by atoms with Crippen molar-refractivity contribution in [1.29, 1.82) is 0 Å². The molecule has 0 bridgehead atoms. The van der Waals surface area contributed by atoms with Gasteiger partial charge in [0.1, 0.15) is 17.3 Å². The van der Waals surface area contributed by atoms with E-state index in [0.717, 1.165) is 18.2 Å². The molecule has 3 aromatic rings. The van der Waals surface area contributed by atoms with Crippen LogP contribution in [0, 0.1) is 11.6 Å². The number of anilines is 1. The number of para-hydroxylation sites is 1. The van der Waals surface area contributed by atoms with E-state index >= 15 is 0 Å². The highest BCUT2D eigenvalue weighted by atomic mass is 32.1. The lowest BCUT2D eigenvalue weighted by molar-refractivity contribution is -0.146. The van der Waals surface area contributed by atoms with Crippen molar-refractivity contribution in [2.45, 2.75) is 6.18 Å². The van der Waals surface area contributed by atoms with Crippen molar-refractivity contribution in [3.8, 4) is 0 Å². The van der Waals surface area contributed by atoms with E-state index in [-0.39, 0.29) is 4.96 Å². The van der Waals surface area contributed by atoms with E-state index in [2.05, 4.69) is 15.3 Å². The number of nitrogens with one attached hydrogen (secondary N) is 1. The summed E-state index contributed by atoms with van der Waals surface area (Å²) in [5.74, 6) is -4.54. The third kappa shape index (κ3) is 2.72. The molecule has 0 saturated carbocycles. The van der Waals surface area contributed by atoms with Crippen LogP contribution in [-0.4, -0.2) is 25.7 Å². The van der Waals surface area contributed by atoms with Crippen molar-refractivity contribution in [2.24, 2.45) is 0 Å². The van der Waals surface area contributed by atoms with Crippen LogP contribution >= 0.6 is 11.3 Å². The first-order chi connectivity index (χ1) is 10.8. The molecule has 1 amide bonds. The van der Waals surface area contributed by atoms with Crippen LogP contribution in [0.25, 0.3) is 4.96 Å². The summed E-state index contributed by atoms with van der Waals surface area (Å²) in [7, 11) is 0. The number of benzene rings is 1. The van der Waals surface area contributed by atoms with Crippen LogP contribution in [-0.2, 0) is 6.18 Å². The Bertz CT molecular complexity index is 882. The van der Waals surface area contributed by atoms with Crippen molar-refractivity contribution in [3.05, 3.63) is 40.7 Å². The third-order valence-corrected chi connectivity index (χ3v) is 3.54. The Morgan fingerprint density at radius 3 is 2.43 bits per heavy atom. The number of halogens is 5. The summed E-state index contributed by atoms with van der Waals surface area (Å²) in [4.78, 5) is 11.6. The highest BCUT2D eigenvalue weighted by molar-refractivity contribution is 7.18. The Labute approximate surface area is 127 Å². The van der Waals surface area contributed by atoms with Crippen molar-refractivity contribution in [3.63, 3.8) is 0 Å². The summed E-state index contributed by atoms with van der Waals surface area (Å²) in [5, 5.41) is 11.1. The molecule has 6 nitrogen and oxygen atoms in total. The van der Waals surface area contributed by atoms with Crippen LogP contribution in [0.15, 0.2) is 18.2 Å². The lowest BCUT2D eigenvalue weighted by atomic mass is 10.3. The Morgan fingerprint density at radius 1 is 1.17 bits per heavy atom. The molecule has 1 aromatic carbocycles. The van der Waals surface area contributed by atoms with Gasteiger partial charge >= 0.3 is 6.18 Å². The second kappa shape index (κ2) is 5.22. The molecule has 0 fully saturated rings. The molecule has 120 valence electrons. The van der Waals surface area contributed by atoms with Crippen molar-refractivity contribution in [1.82, 2.24) is 19.8 Å². The van der Waals surface area contributed by atoms with Gasteiger partial charge in [-0.2, -0.15) is 17.7 Å². The largest absolute Gasteiger partial charge is 0.453 e. The standard InChI is InChI=1S/C11H4F5N5OS/c12-4-2-1-3-5(13)6(4)17-7(22)8-20-21-9(11(14,15)16)18-19-10(21)23-8/h1-3H,(H,17,22). The average molecular weight is 349 g/mol. The molecule has 0 unspecified atom stereocenters. The summed E-state index contributed by atoms with van der Waals surface area (Å²) >= 11 is 0.495. The van der Waals surface area contributed by atoms with E-state index in [1.54, 1.807) is 0 Å². The summed E-state index contributed by atoms with van der Waals surface area (Å²) in [6.45, 7) is 0. The fraction of sp³-hybridized carbons (Fsp3) is 0.0909. The number of carbonyl (C=O) groups excluding carboxylic acids is 1. The molecule has 2 heterocycles. The molecule has 0 radical (unpaired) electrons. The number of alkyl halides is 3. The van der Waals surface area contributed by atoms with Gasteiger partial charge in [0.05, 0.1) is 0 Å². The first-order valence-corrected chi connectivity index (χ1v) is 6.64. The van der Waals surface area contributed by atoms with Gasteiger partial charge in [-0.25, -0.2) is 8.78 Å². The molecule has 0 aliphatic carbocycles. The zero-order valence-corrected chi connectivity index (χ0v) is 11.5. The Kier molecular flexibility index (Phi) is 3.47. The highest BCUT2D eigenvalue weighted by Crippen LogP contribution is 2.29. The fourth-order valence-electron chi connectivity index (χ4n) is 1.67. The first-order valence-electron chi connectivity index (χ1n) is 5.82. The number of fused-ring (bicyclic) bond motifs is 1. The van der Waals surface area contributed by atoms with Gasteiger partial charge < -0.3 is 5.32 Å². The van der Waals surface area contributed by atoms with E-state index in [1.807, 2.05) is 5.32 Å². The second-order valence-corrected chi connectivity index (χ2v) is 5.13. The summed E-state index contributed by atoms with van der Waals surface area (Å²) in [5.41, 5.74) is -0.723. The van der Waals surface area contributed by atoms with Gasteiger partial charge in [0.2, 0.25) is 9.97 Å². The minimum absolute atomic E-state index is 0.281. The number of nitrogens with zero attached hydrogens (tertiary/aromatic N) is 4. The zero-order chi connectivity index (χ0) is 16.8. The molecule has 1 N–H and O–H groups in total. The normalized spacial score (nSPS) is 11.9. The van der Waals surface area contributed by atoms with Gasteiger partial charge in [0.25, 0.3) is 11.7 Å². The predicted molar refractivity (Wildman–Crippen MR) is 68.0 cm³/mol. The lowest BCUT2D eigenvalue weighted by Gasteiger charge is -2.05. The minimum Gasteiger partial charge on any atom is -0.315 e. The first kappa shape index (κ1) is 15.3. The minimum atomic E-state index is -4.81. The van der Waals surface area contributed by atoms with Crippen molar-refractivity contribution in [2.75, 3.05) is 5.32 Å². The van der Waals surface area contributed by atoms with Crippen LogP contribution < -0.4 is 5.32 Å². The molecular weight excluding hydrogens is 345 g/mol. The molecule has 3 rings (SSSR count). The van der Waals surface area contributed by atoms with Crippen molar-refractivity contribution < 1.29 is 26.7 Å². The molecule has 2 aromatic heterocycles. The van der Waals surface area contributed by atoms with Gasteiger partial charge in [-0.1, -0.05) is 17.4 Å². The van der Waals surface area contributed by atoms with E-state index in [0.29, 0.717) is 15.9 Å². The number of hydrogen-bond donors (Lipinski definition) is 1. The molecule has 0 aliphatic rings. The zero-order valence-electron chi connectivity index (χ0n) is 10.7. The summed E-state index contributed by atoms with van der Waals surface area (Å²) < 4.78 is 65.2. The fourth-order valence-corrected chi connectivity index (χ4v) is 2.40. The molecular formula is C11H4F5N5OS. The second-order valence-electron chi connectivity index (χ2n) is 4.17. The molecule has 0 spiro atoms. The molecule has 23 heavy (non-hydrogen) atoms. The van der Waals surface area contributed by atoms with E-state index in [4.69, 9.17) is 0 Å². The number of carbonyl (C=O) groups is 1. The van der Waals surface area contributed by atoms with Crippen molar-refractivity contribution >= 4 is 27.9 Å². The molecule has 0 aliphatic heterocycles. The van der Waals surface area contributed by atoms with Gasteiger partial charge in [0, 0.05) is 0 Å². The van der Waals surface area contributed by atoms with Gasteiger partial charge in [0.15, 0.2) is 0 Å². The number of rotatable bonds is 2. The monoisotopic (exact) mass is 349 g/mol. The maximum Gasteiger partial charge on any atom is 0.453 e. The predicted octanol–water partition coefficient (Wildman–Crippen LogP) is 2.74. The summed E-state index contributed by atoms with van der Waals surface area (Å²) in [6, 6.07) is 2.93. The van der Waals surface area contributed by atoms with E-state index in [9.17, 15) is 26.7 Å². The maximum absolute atomic E-state index is 13.4. The Hall–Kier alpha value is -2.63. The van der Waals surface area contributed by atoms with Crippen LogP contribution in [0.5, 0.6) is 0 Å². The summed E-state index contributed by atoms with van der Waals surface area (Å²) in [6.07, 6.45) is -4.81. The Morgan fingerprint density at radius 2 is 1.83 bits per heavy atom. The maximum atomic E-state index is 13.4.